The van der Waals surface area contributed by atoms with Crippen LogP contribution in [0.3, 0.4) is 0 Å². The first kappa shape index (κ1) is 15.7. The van der Waals surface area contributed by atoms with Gasteiger partial charge in [-0.05, 0) is 33.1 Å². The van der Waals surface area contributed by atoms with Gasteiger partial charge in [0, 0.05) is 25.6 Å². The van der Waals surface area contributed by atoms with Gasteiger partial charge in [-0.1, -0.05) is 6.08 Å². The molecule has 0 saturated carbocycles. The van der Waals surface area contributed by atoms with Crippen molar-refractivity contribution >= 4 is 11.8 Å². The largest absolute Gasteiger partial charge is 0.351 e. The molecular formula is C14H25N3O2. The zero-order valence-electron chi connectivity index (χ0n) is 12.3. The molecule has 2 unspecified atom stereocenters. The molecule has 0 bridgehead atoms. The van der Waals surface area contributed by atoms with Gasteiger partial charge in [-0.25, -0.2) is 5.01 Å². The number of hydrogen-bond acceptors (Lipinski definition) is 3. The Morgan fingerprint density at radius 1 is 1.37 bits per heavy atom. The number of rotatable bonds is 4. The molecule has 2 amide bonds. The summed E-state index contributed by atoms with van der Waals surface area (Å²) in [6.07, 6.45) is 2.61. The summed E-state index contributed by atoms with van der Waals surface area (Å²) in [5, 5.41) is 4.83. The van der Waals surface area contributed by atoms with Gasteiger partial charge in [0.15, 0.2) is 0 Å². The van der Waals surface area contributed by atoms with Crippen LogP contribution in [0.1, 0.15) is 34.1 Å². The highest BCUT2D eigenvalue weighted by Gasteiger charge is 2.38. The van der Waals surface area contributed by atoms with Crippen LogP contribution in [0.15, 0.2) is 12.7 Å². The highest BCUT2D eigenvalue weighted by molar-refractivity contribution is 5.80. The molecule has 19 heavy (non-hydrogen) atoms. The Morgan fingerprint density at radius 3 is 2.47 bits per heavy atom. The van der Waals surface area contributed by atoms with E-state index in [-0.39, 0.29) is 29.2 Å². The van der Waals surface area contributed by atoms with Crippen molar-refractivity contribution in [1.82, 2.24) is 15.8 Å². The molecule has 0 aliphatic carbocycles. The van der Waals surface area contributed by atoms with Gasteiger partial charge in [-0.15, -0.1) is 6.58 Å². The van der Waals surface area contributed by atoms with E-state index in [1.54, 1.807) is 0 Å². The minimum Gasteiger partial charge on any atom is -0.351 e. The van der Waals surface area contributed by atoms with Crippen molar-refractivity contribution in [2.45, 2.75) is 39.7 Å². The second kappa shape index (κ2) is 6.19. The molecule has 5 heteroatoms. The lowest BCUT2D eigenvalue weighted by Crippen LogP contribution is -2.46. The number of amides is 2. The number of hydrazine groups is 1. The van der Waals surface area contributed by atoms with Crippen LogP contribution in [0.4, 0.5) is 0 Å². The van der Waals surface area contributed by atoms with Crippen molar-refractivity contribution in [3.63, 3.8) is 0 Å². The molecule has 1 saturated heterocycles. The third-order valence-corrected chi connectivity index (χ3v) is 3.06. The van der Waals surface area contributed by atoms with E-state index in [1.165, 1.54) is 6.92 Å². The molecule has 2 N–H and O–H groups in total. The Hall–Kier alpha value is -1.36. The number of allylic oxidation sites excluding steroid dienone is 1. The summed E-state index contributed by atoms with van der Waals surface area (Å²) in [5.41, 5.74) is 2.52. The zero-order valence-corrected chi connectivity index (χ0v) is 12.3. The van der Waals surface area contributed by atoms with E-state index >= 15 is 0 Å². The fraction of sp³-hybridized carbons (Fsp3) is 0.714. The summed E-state index contributed by atoms with van der Waals surface area (Å²) in [5.74, 6) is 0.0391. The number of nitrogens with zero attached hydrogens (tertiary/aromatic N) is 1. The molecule has 1 rings (SSSR count). The Labute approximate surface area is 115 Å². The van der Waals surface area contributed by atoms with Gasteiger partial charge in [0.1, 0.15) is 0 Å². The SMILES string of the molecule is C=CCC1CN(NC(C)=O)CC1C(=O)NC(C)(C)C. The predicted octanol–water partition coefficient (Wildman–Crippen LogP) is 1.08. The van der Waals surface area contributed by atoms with Crippen molar-refractivity contribution in [2.24, 2.45) is 11.8 Å². The van der Waals surface area contributed by atoms with Gasteiger partial charge in [0.05, 0.1) is 5.92 Å². The van der Waals surface area contributed by atoms with Gasteiger partial charge in [0.25, 0.3) is 0 Å². The molecule has 108 valence electrons. The van der Waals surface area contributed by atoms with Crippen LogP contribution in [0.2, 0.25) is 0 Å². The second-order valence-electron chi connectivity index (χ2n) is 6.20. The summed E-state index contributed by atoms with van der Waals surface area (Å²) in [6, 6.07) is 0. The molecule has 0 aromatic heterocycles. The molecule has 1 fully saturated rings. The van der Waals surface area contributed by atoms with Crippen LogP contribution in [-0.4, -0.2) is 35.5 Å². The van der Waals surface area contributed by atoms with E-state index in [1.807, 2.05) is 31.9 Å². The van der Waals surface area contributed by atoms with E-state index in [2.05, 4.69) is 17.3 Å². The van der Waals surface area contributed by atoms with Crippen LogP contribution in [-0.2, 0) is 9.59 Å². The highest BCUT2D eigenvalue weighted by Crippen LogP contribution is 2.26. The van der Waals surface area contributed by atoms with Crippen molar-refractivity contribution in [3.8, 4) is 0 Å². The molecular weight excluding hydrogens is 242 g/mol. The number of carbonyl (C=O) groups is 2. The first-order chi connectivity index (χ1) is 8.73. The smallest absolute Gasteiger partial charge is 0.231 e. The summed E-state index contributed by atoms with van der Waals surface area (Å²) in [6.45, 7) is 12.4. The molecule has 2 atom stereocenters. The average Bonchev–Trinajstić information content (AvgIpc) is 2.58. The highest BCUT2D eigenvalue weighted by atomic mass is 16.2. The number of nitrogens with one attached hydrogen (secondary N) is 2. The molecule has 1 aliphatic heterocycles. The number of hydrogen-bond donors (Lipinski definition) is 2. The summed E-state index contributed by atoms with van der Waals surface area (Å²) < 4.78 is 0. The van der Waals surface area contributed by atoms with Gasteiger partial charge in [-0.2, -0.15) is 0 Å². The summed E-state index contributed by atoms with van der Waals surface area (Å²) in [4.78, 5) is 23.4. The Bertz CT molecular complexity index is 360. The first-order valence-corrected chi connectivity index (χ1v) is 6.68. The van der Waals surface area contributed by atoms with Gasteiger partial charge in [0.2, 0.25) is 11.8 Å². The molecule has 0 spiro atoms. The number of carbonyl (C=O) groups excluding carboxylic acids is 2. The first-order valence-electron chi connectivity index (χ1n) is 6.68. The van der Waals surface area contributed by atoms with Crippen molar-refractivity contribution in [2.75, 3.05) is 13.1 Å². The van der Waals surface area contributed by atoms with Crippen molar-refractivity contribution < 1.29 is 9.59 Å². The monoisotopic (exact) mass is 267 g/mol. The van der Waals surface area contributed by atoms with Gasteiger partial charge < -0.3 is 5.32 Å². The van der Waals surface area contributed by atoms with Crippen LogP contribution in [0.5, 0.6) is 0 Å². The minimum atomic E-state index is -0.239. The molecule has 0 aromatic rings. The lowest BCUT2D eigenvalue weighted by Gasteiger charge is -2.25. The third kappa shape index (κ3) is 5.03. The fourth-order valence-corrected chi connectivity index (χ4v) is 2.40. The van der Waals surface area contributed by atoms with E-state index in [9.17, 15) is 9.59 Å². The Kier molecular flexibility index (Phi) is 5.11. The normalized spacial score (nSPS) is 24.0. The molecule has 1 heterocycles. The van der Waals surface area contributed by atoms with Crippen molar-refractivity contribution in [1.29, 1.82) is 0 Å². The zero-order chi connectivity index (χ0) is 14.6. The molecule has 0 radical (unpaired) electrons. The van der Waals surface area contributed by atoms with Gasteiger partial charge in [-0.3, -0.25) is 15.0 Å². The average molecular weight is 267 g/mol. The summed E-state index contributed by atoms with van der Waals surface area (Å²) >= 11 is 0. The molecule has 1 aliphatic rings. The maximum atomic E-state index is 12.3. The van der Waals surface area contributed by atoms with Crippen LogP contribution < -0.4 is 10.7 Å². The van der Waals surface area contributed by atoms with E-state index in [0.29, 0.717) is 13.1 Å². The third-order valence-electron chi connectivity index (χ3n) is 3.06. The lowest BCUT2D eigenvalue weighted by molar-refractivity contribution is -0.128. The quantitative estimate of drug-likeness (QED) is 0.749. The Morgan fingerprint density at radius 2 is 2.00 bits per heavy atom. The molecule has 0 aromatic carbocycles. The molecule has 5 nitrogen and oxygen atoms in total. The van der Waals surface area contributed by atoms with E-state index in [0.717, 1.165) is 6.42 Å². The fourth-order valence-electron chi connectivity index (χ4n) is 2.40. The maximum absolute atomic E-state index is 12.3. The van der Waals surface area contributed by atoms with Crippen LogP contribution in [0, 0.1) is 11.8 Å². The Balaban J connectivity index is 2.70. The van der Waals surface area contributed by atoms with Crippen LogP contribution >= 0.6 is 0 Å². The summed E-state index contributed by atoms with van der Waals surface area (Å²) in [7, 11) is 0. The van der Waals surface area contributed by atoms with Gasteiger partial charge >= 0.3 is 0 Å². The van der Waals surface area contributed by atoms with Crippen LogP contribution in [0.25, 0.3) is 0 Å². The van der Waals surface area contributed by atoms with E-state index < -0.39 is 0 Å². The second-order valence-corrected chi connectivity index (χ2v) is 6.20. The lowest BCUT2D eigenvalue weighted by atomic mass is 9.91. The maximum Gasteiger partial charge on any atom is 0.231 e. The minimum absolute atomic E-state index is 0.0483. The topological polar surface area (TPSA) is 61.4 Å². The standard InChI is InChI=1S/C14H25N3O2/c1-6-7-11-8-17(16-10(2)18)9-12(11)13(19)15-14(3,4)5/h6,11-12H,1,7-9H2,2-5H3,(H,15,19)(H,16,18). The predicted molar refractivity (Wildman–Crippen MR) is 75.1 cm³/mol. The van der Waals surface area contributed by atoms with E-state index in [4.69, 9.17) is 0 Å². The van der Waals surface area contributed by atoms with Crippen molar-refractivity contribution in [3.05, 3.63) is 12.7 Å².